The molecule has 0 aliphatic carbocycles. The maximum Gasteiger partial charge on any atom is 0.219 e. The van der Waals surface area contributed by atoms with E-state index in [9.17, 15) is 9.60 Å². The molecule has 0 spiro atoms. The number of likely N-dealkylation sites (tertiary alicyclic amines) is 1. The third kappa shape index (κ3) is 3.76. The van der Waals surface area contributed by atoms with E-state index in [0.29, 0.717) is 23.0 Å². The Labute approximate surface area is 144 Å². The minimum atomic E-state index is -0.509. The number of pyridine rings is 1. The van der Waals surface area contributed by atoms with Gasteiger partial charge in [0.15, 0.2) is 5.84 Å². The highest BCUT2D eigenvalue weighted by Crippen LogP contribution is 2.26. The number of hydrogen-bond donors (Lipinski definition) is 1. The highest BCUT2D eigenvalue weighted by atomic mass is 35.5. The van der Waals surface area contributed by atoms with Crippen LogP contribution >= 0.6 is 11.6 Å². The largest absolute Gasteiger partial charge is 0.439 e. The summed E-state index contributed by atoms with van der Waals surface area (Å²) in [6, 6.07) is 7.53. The van der Waals surface area contributed by atoms with Crippen LogP contribution in [-0.4, -0.2) is 34.0 Å². The molecule has 0 amide bonds. The fourth-order valence-electron chi connectivity index (χ4n) is 2.67. The first-order valence-electron chi connectivity index (χ1n) is 7.74. The Hall–Kier alpha value is -2.34. The molecule has 1 aliphatic rings. The zero-order valence-corrected chi connectivity index (χ0v) is 13.7. The number of halogens is 2. The zero-order chi connectivity index (χ0) is 16.9. The first kappa shape index (κ1) is 16.5. The number of piperidine rings is 1. The van der Waals surface area contributed by atoms with Crippen LogP contribution < -0.4 is 4.74 Å². The van der Waals surface area contributed by atoms with Crippen molar-refractivity contribution in [2.24, 2.45) is 5.16 Å². The van der Waals surface area contributed by atoms with Crippen molar-refractivity contribution in [3.8, 4) is 11.6 Å². The highest BCUT2D eigenvalue weighted by molar-refractivity contribution is 6.30. The molecule has 2 aromatic rings. The van der Waals surface area contributed by atoms with E-state index in [1.807, 2.05) is 4.90 Å². The van der Waals surface area contributed by atoms with Gasteiger partial charge in [-0.3, -0.25) is 0 Å². The minimum Gasteiger partial charge on any atom is -0.439 e. The predicted octanol–water partition coefficient (Wildman–Crippen LogP) is 4.29. The molecular weight excluding hydrogens is 333 g/mol. The summed E-state index contributed by atoms with van der Waals surface area (Å²) in [5.41, 5.74) is 0.706. The molecule has 2 heterocycles. The van der Waals surface area contributed by atoms with E-state index in [-0.39, 0.29) is 5.02 Å². The Balaban J connectivity index is 1.81. The molecule has 1 saturated heterocycles. The summed E-state index contributed by atoms with van der Waals surface area (Å²) in [6.07, 6.45) is 4.90. The third-order valence-electron chi connectivity index (χ3n) is 3.86. The van der Waals surface area contributed by atoms with Gasteiger partial charge in [-0.2, -0.15) is 0 Å². The molecule has 1 N–H and O–H groups in total. The van der Waals surface area contributed by atoms with Crippen molar-refractivity contribution in [2.75, 3.05) is 13.1 Å². The van der Waals surface area contributed by atoms with E-state index in [0.717, 1.165) is 25.9 Å². The molecule has 1 aromatic heterocycles. The molecule has 1 fully saturated rings. The molecule has 126 valence electrons. The lowest BCUT2D eigenvalue weighted by atomic mass is 10.1. The lowest BCUT2D eigenvalue weighted by Crippen LogP contribution is -2.36. The second-order valence-electron chi connectivity index (χ2n) is 5.53. The molecule has 1 aromatic carbocycles. The molecule has 3 rings (SSSR count). The monoisotopic (exact) mass is 349 g/mol. The van der Waals surface area contributed by atoms with Crippen molar-refractivity contribution >= 4 is 17.4 Å². The fraction of sp³-hybridized carbons (Fsp3) is 0.294. The number of amidine groups is 1. The number of benzene rings is 1. The summed E-state index contributed by atoms with van der Waals surface area (Å²) in [5.74, 6) is 0.685. The molecule has 7 heteroatoms. The molecule has 24 heavy (non-hydrogen) atoms. The van der Waals surface area contributed by atoms with Gasteiger partial charge in [0.1, 0.15) is 11.6 Å². The van der Waals surface area contributed by atoms with Crippen LogP contribution in [0.5, 0.6) is 11.6 Å². The first-order chi connectivity index (χ1) is 11.7. The van der Waals surface area contributed by atoms with Gasteiger partial charge in [-0.1, -0.05) is 16.8 Å². The number of aromatic nitrogens is 1. The lowest BCUT2D eigenvalue weighted by molar-refractivity contribution is 0.286. The third-order valence-corrected chi connectivity index (χ3v) is 4.15. The summed E-state index contributed by atoms with van der Waals surface area (Å²) in [4.78, 5) is 6.17. The Morgan fingerprint density at radius 3 is 2.71 bits per heavy atom. The van der Waals surface area contributed by atoms with Gasteiger partial charge in [0.05, 0.1) is 5.02 Å². The van der Waals surface area contributed by atoms with E-state index in [4.69, 9.17) is 16.3 Å². The van der Waals surface area contributed by atoms with Gasteiger partial charge in [-0.05, 0) is 37.5 Å². The maximum absolute atomic E-state index is 13.2. The summed E-state index contributed by atoms with van der Waals surface area (Å²) in [5, 5.41) is 12.8. The van der Waals surface area contributed by atoms with Crippen molar-refractivity contribution < 1.29 is 14.3 Å². The van der Waals surface area contributed by atoms with Crippen LogP contribution in [0.15, 0.2) is 41.7 Å². The Morgan fingerprint density at radius 2 is 2.00 bits per heavy atom. The second kappa shape index (κ2) is 7.49. The maximum atomic E-state index is 13.2. The number of rotatable bonds is 3. The topological polar surface area (TPSA) is 58.0 Å². The van der Waals surface area contributed by atoms with E-state index >= 15 is 0 Å². The van der Waals surface area contributed by atoms with Gasteiger partial charge in [0.25, 0.3) is 0 Å². The second-order valence-corrected chi connectivity index (χ2v) is 5.94. The molecule has 0 bridgehead atoms. The summed E-state index contributed by atoms with van der Waals surface area (Å²) in [7, 11) is 0. The van der Waals surface area contributed by atoms with Gasteiger partial charge in [0.2, 0.25) is 5.88 Å². The van der Waals surface area contributed by atoms with Crippen LogP contribution in [-0.2, 0) is 0 Å². The normalized spacial score (nSPS) is 15.4. The number of nitrogens with zero attached hydrogens (tertiary/aromatic N) is 3. The predicted molar refractivity (Wildman–Crippen MR) is 89.5 cm³/mol. The smallest absolute Gasteiger partial charge is 0.219 e. The number of hydrogen-bond acceptors (Lipinski definition) is 4. The Kier molecular flexibility index (Phi) is 5.15. The molecular formula is C17H17ClFN3O2. The molecule has 5 nitrogen and oxygen atoms in total. The molecule has 0 unspecified atom stereocenters. The Bertz CT molecular complexity index is 748. The lowest BCUT2D eigenvalue weighted by Gasteiger charge is -2.28. The zero-order valence-electron chi connectivity index (χ0n) is 13.0. The van der Waals surface area contributed by atoms with Crippen molar-refractivity contribution in [2.45, 2.75) is 19.3 Å². The van der Waals surface area contributed by atoms with Crippen LogP contribution in [0.2, 0.25) is 5.02 Å². The fourth-order valence-corrected chi connectivity index (χ4v) is 2.85. The van der Waals surface area contributed by atoms with Crippen molar-refractivity contribution in [3.05, 3.63) is 52.9 Å². The standard InChI is InChI=1S/C17H17ClFN3O2/c18-14-11-13(4-5-15(14)19)24-16-10-12(6-7-20-16)17(21-23)22-8-2-1-3-9-22/h4-7,10-11,23H,1-3,8-9H2/b21-17-. The Morgan fingerprint density at radius 1 is 1.21 bits per heavy atom. The van der Waals surface area contributed by atoms with E-state index < -0.39 is 5.82 Å². The quantitative estimate of drug-likeness (QED) is 0.389. The van der Waals surface area contributed by atoms with Gasteiger partial charge < -0.3 is 14.8 Å². The van der Waals surface area contributed by atoms with E-state index in [2.05, 4.69) is 10.1 Å². The molecule has 1 aliphatic heterocycles. The molecule has 0 saturated carbocycles. The van der Waals surface area contributed by atoms with Crippen LogP contribution in [0, 0.1) is 5.82 Å². The van der Waals surface area contributed by atoms with Gasteiger partial charge in [-0.15, -0.1) is 0 Å². The minimum absolute atomic E-state index is 0.0189. The average Bonchev–Trinajstić information content (AvgIpc) is 2.60. The van der Waals surface area contributed by atoms with Gasteiger partial charge >= 0.3 is 0 Å². The van der Waals surface area contributed by atoms with Crippen molar-refractivity contribution in [3.63, 3.8) is 0 Å². The van der Waals surface area contributed by atoms with Crippen molar-refractivity contribution in [1.29, 1.82) is 0 Å². The SMILES string of the molecule is O/N=C(/c1ccnc(Oc2ccc(F)c(Cl)c2)c1)N1CCCCC1. The van der Waals surface area contributed by atoms with Crippen LogP contribution in [0.4, 0.5) is 4.39 Å². The molecule has 0 radical (unpaired) electrons. The van der Waals surface area contributed by atoms with E-state index in [1.165, 1.54) is 24.6 Å². The summed E-state index contributed by atoms with van der Waals surface area (Å²) < 4.78 is 18.8. The highest BCUT2D eigenvalue weighted by Gasteiger charge is 2.18. The first-order valence-corrected chi connectivity index (χ1v) is 8.11. The van der Waals surface area contributed by atoms with Crippen LogP contribution in [0.25, 0.3) is 0 Å². The van der Waals surface area contributed by atoms with Gasteiger partial charge in [-0.25, -0.2) is 9.37 Å². The van der Waals surface area contributed by atoms with Gasteiger partial charge in [0, 0.05) is 37.0 Å². The van der Waals surface area contributed by atoms with E-state index in [1.54, 1.807) is 18.3 Å². The molecule has 0 atom stereocenters. The number of ether oxygens (including phenoxy) is 1. The number of oxime groups is 1. The van der Waals surface area contributed by atoms with Crippen LogP contribution in [0.3, 0.4) is 0 Å². The van der Waals surface area contributed by atoms with Crippen molar-refractivity contribution in [1.82, 2.24) is 9.88 Å². The average molecular weight is 350 g/mol. The van der Waals surface area contributed by atoms with Crippen LogP contribution in [0.1, 0.15) is 24.8 Å². The summed E-state index contributed by atoms with van der Waals surface area (Å²) in [6.45, 7) is 1.71. The summed E-state index contributed by atoms with van der Waals surface area (Å²) >= 11 is 5.75.